The first-order valence-electron chi connectivity index (χ1n) is 10.2. The van der Waals surface area contributed by atoms with E-state index in [2.05, 4.69) is 74.5 Å². The van der Waals surface area contributed by atoms with Crippen molar-refractivity contribution in [3.05, 3.63) is 82.8 Å². The van der Waals surface area contributed by atoms with Gasteiger partial charge in [-0.05, 0) is 70.5 Å². The molecule has 0 spiro atoms. The maximum atomic E-state index is 5.08. The minimum absolute atomic E-state index is 0.176. The smallest absolute Gasteiger partial charge is 0.230 e. The summed E-state index contributed by atoms with van der Waals surface area (Å²) in [5.74, 6) is 0.591. The average Bonchev–Trinajstić information content (AvgIpc) is 3.18. The van der Waals surface area contributed by atoms with Gasteiger partial charge in [0.25, 0.3) is 0 Å². The van der Waals surface area contributed by atoms with Gasteiger partial charge in [-0.15, -0.1) is 0 Å². The predicted molar refractivity (Wildman–Crippen MR) is 116 cm³/mol. The van der Waals surface area contributed by atoms with Crippen LogP contribution in [0.3, 0.4) is 0 Å². The second-order valence-electron chi connectivity index (χ2n) is 9.52. The molecule has 3 aromatic rings. The topological polar surface area (TPSA) is 51.8 Å². The van der Waals surface area contributed by atoms with E-state index in [0.29, 0.717) is 12.3 Å². The Kier molecular flexibility index (Phi) is 4.68. The zero-order valence-corrected chi connectivity index (χ0v) is 18.0. The summed E-state index contributed by atoms with van der Waals surface area (Å²) in [7, 11) is 0. The van der Waals surface area contributed by atoms with Crippen LogP contribution in [0.1, 0.15) is 79.9 Å². The van der Waals surface area contributed by atoms with Gasteiger partial charge in [0.05, 0.1) is 12.1 Å². The second kappa shape index (κ2) is 6.94. The van der Waals surface area contributed by atoms with Gasteiger partial charge in [0.2, 0.25) is 5.89 Å². The fourth-order valence-electron chi connectivity index (χ4n) is 4.34. The zero-order chi connectivity index (χ0) is 20.8. The molecule has 0 saturated carbocycles. The van der Waals surface area contributed by atoms with Gasteiger partial charge in [0, 0.05) is 11.8 Å². The summed E-state index contributed by atoms with van der Waals surface area (Å²) >= 11 is 0. The molecule has 0 saturated heterocycles. The summed E-state index contributed by atoms with van der Waals surface area (Å²) in [6.45, 7) is 16.0. The van der Waals surface area contributed by atoms with Crippen molar-refractivity contribution >= 4 is 5.57 Å². The van der Waals surface area contributed by atoms with Crippen LogP contribution in [-0.2, 0) is 17.3 Å². The Morgan fingerprint density at radius 2 is 1.72 bits per heavy atom. The van der Waals surface area contributed by atoms with Gasteiger partial charge >= 0.3 is 0 Å². The minimum atomic E-state index is 0.176. The van der Waals surface area contributed by atoms with Gasteiger partial charge in [-0.25, -0.2) is 0 Å². The van der Waals surface area contributed by atoms with Crippen molar-refractivity contribution in [1.29, 1.82) is 0 Å². The molecule has 4 nitrogen and oxygen atoms in total. The number of rotatable bonds is 4. The highest BCUT2D eigenvalue weighted by molar-refractivity contribution is 5.79. The fourth-order valence-corrected chi connectivity index (χ4v) is 4.34. The number of aryl methyl sites for hydroxylation is 1. The Morgan fingerprint density at radius 1 is 1.03 bits per heavy atom. The summed E-state index contributed by atoms with van der Waals surface area (Å²) in [5.41, 5.74) is 8.66. The molecule has 150 valence electrons. The molecule has 2 heterocycles. The van der Waals surface area contributed by atoms with Crippen LogP contribution in [0, 0.1) is 6.92 Å². The average molecular weight is 388 g/mol. The highest BCUT2D eigenvalue weighted by atomic mass is 16.5. The lowest BCUT2D eigenvalue weighted by Crippen LogP contribution is -2.34. The Hall–Kier alpha value is -2.75. The van der Waals surface area contributed by atoms with Gasteiger partial charge in [-0.3, -0.25) is 4.98 Å². The van der Waals surface area contributed by atoms with Crippen molar-refractivity contribution in [3.8, 4) is 0 Å². The number of pyridine rings is 1. The third-order valence-electron chi connectivity index (χ3n) is 6.42. The van der Waals surface area contributed by atoms with Crippen molar-refractivity contribution in [1.82, 2.24) is 15.1 Å². The molecule has 1 aliphatic carbocycles. The van der Waals surface area contributed by atoms with Crippen molar-refractivity contribution in [2.24, 2.45) is 0 Å². The lowest BCUT2D eigenvalue weighted by molar-refractivity contribution is 0.331. The van der Waals surface area contributed by atoms with Crippen LogP contribution in [-0.4, -0.2) is 15.1 Å². The van der Waals surface area contributed by atoms with Crippen molar-refractivity contribution in [2.45, 2.75) is 64.7 Å². The van der Waals surface area contributed by atoms with Crippen molar-refractivity contribution < 1.29 is 4.52 Å². The van der Waals surface area contributed by atoms with E-state index in [-0.39, 0.29) is 10.8 Å². The summed E-state index contributed by atoms with van der Waals surface area (Å²) in [6, 6.07) is 8.82. The molecule has 0 bridgehead atoms. The standard InChI is InChI=1S/C25H29N3O/c1-16-11-20-21(25(5,6)10-9-24(20,3)4)13-19(16)17(2)22-8-7-18(14-26-22)12-23-27-15-28-29-23/h7-8,11,13-15H,2,9-10,12H2,1,3-6H3. The number of hydrogen-bond donors (Lipinski definition) is 0. The first kappa shape index (κ1) is 19.6. The van der Waals surface area contributed by atoms with Gasteiger partial charge in [0.1, 0.15) is 0 Å². The lowest BCUT2D eigenvalue weighted by atomic mass is 9.62. The van der Waals surface area contributed by atoms with E-state index in [4.69, 9.17) is 4.52 Å². The van der Waals surface area contributed by atoms with Crippen LogP contribution in [0.25, 0.3) is 5.57 Å². The highest BCUT2D eigenvalue weighted by Crippen LogP contribution is 2.47. The van der Waals surface area contributed by atoms with Gasteiger partial charge in [-0.2, -0.15) is 4.98 Å². The van der Waals surface area contributed by atoms with Gasteiger partial charge in [0.15, 0.2) is 6.33 Å². The molecule has 1 aromatic carbocycles. The molecule has 2 aromatic heterocycles. The third-order valence-corrected chi connectivity index (χ3v) is 6.42. The van der Waals surface area contributed by atoms with Crippen LogP contribution in [0.4, 0.5) is 0 Å². The highest BCUT2D eigenvalue weighted by Gasteiger charge is 2.37. The molecule has 0 aliphatic heterocycles. The molecule has 0 atom stereocenters. The largest absolute Gasteiger partial charge is 0.339 e. The summed E-state index contributed by atoms with van der Waals surface area (Å²) in [5, 5.41) is 3.65. The number of nitrogens with zero attached hydrogens (tertiary/aromatic N) is 3. The van der Waals surface area contributed by atoms with Gasteiger partial charge < -0.3 is 4.52 Å². The molecule has 1 aliphatic rings. The van der Waals surface area contributed by atoms with E-state index < -0.39 is 0 Å². The molecule has 0 fully saturated rings. The Labute approximate surface area is 173 Å². The Bertz CT molecular complexity index is 1040. The molecule has 0 amide bonds. The fraction of sp³-hybridized carbons (Fsp3) is 0.400. The first-order valence-corrected chi connectivity index (χ1v) is 10.2. The van der Waals surface area contributed by atoms with Crippen LogP contribution in [0.15, 0.2) is 47.9 Å². The number of hydrogen-bond acceptors (Lipinski definition) is 4. The zero-order valence-electron chi connectivity index (χ0n) is 18.0. The molecule has 4 heteroatoms. The Balaban J connectivity index is 1.67. The molecular weight excluding hydrogens is 358 g/mol. The Morgan fingerprint density at radius 3 is 2.31 bits per heavy atom. The molecule has 4 rings (SSSR count). The SMILES string of the molecule is C=C(c1ccc(Cc2ncno2)cn1)c1cc2c(cc1C)C(C)(C)CCC2(C)C. The minimum Gasteiger partial charge on any atom is -0.339 e. The lowest BCUT2D eigenvalue weighted by Gasteiger charge is -2.42. The maximum absolute atomic E-state index is 5.08. The van der Waals surface area contributed by atoms with Crippen LogP contribution in [0.5, 0.6) is 0 Å². The van der Waals surface area contributed by atoms with Crippen LogP contribution < -0.4 is 0 Å². The predicted octanol–water partition coefficient (Wildman–Crippen LogP) is 5.77. The first-order chi connectivity index (χ1) is 13.7. The van der Waals surface area contributed by atoms with Gasteiger partial charge in [-0.1, -0.05) is 51.6 Å². The molecule has 0 N–H and O–H groups in total. The van der Waals surface area contributed by atoms with E-state index >= 15 is 0 Å². The maximum Gasteiger partial charge on any atom is 0.230 e. The van der Waals surface area contributed by atoms with E-state index in [1.807, 2.05) is 12.3 Å². The number of aromatic nitrogens is 3. The second-order valence-corrected chi connectivity index (χ2v) is 9.52. The van der Waals surface area contributed by atoms with Crippen molar-refractivity contribution in [3.63, 3.8) is 0 Å². The quantitative estimate of drug-likeness (QED) is 0.570. The van der Waals surface area contributed by atoms with Crippen LogP contribution in [0.2, 0.25) is 0 Å². The van der Waals surface area contributed by atoms with E-state index in [0.717, 1.165) is 16.8 Å². The van der Waals surface area contributed by atoms with Crippen molar-refractivity contribution in [2.75, 3.05) is 0 Å². The van der Waals surface area contributed by atoms with E-state index in [1.165, 1.54) is 41.4 Å². The molecule has 0 radical (unpaired) electrons. The summed E-state index contributed by atoms with van der Waals surface area (Å²) < 4.78 is 5.08. The molecular formula is C25H29N3O. The van der Waals surface area contributed by atoms with Crippen LogP contribution >= 0.6 is 0 Å². The van der Waals surface area contributed by atoms with E-state index in [9.17, 15) is 0 Å². The normalized spacial score (nSPS) is 17.0. The summed E-state index contributed by atoms with van der Waals surface area (Å²) in [6.07, 6.45) is 6.29. The third kappa shape index (κ3) is 3.64. The number of fused-ring (bicyclic) bond motifs is 1. The monoisotopic (exact) mass is 387 g/mol. The van der Waals surface area contributed by atoms with E-state index in [1.54, 1.807) is 0 Å². The number of benzene rings is 1. The molecule has 29 heavy (non-hydrogen) atoms. The summed E-state index contributed by atoms with van der Waals surface area (Å²) in [4.78, 5) is 8.74. The molecule has 0 unspecified atom stereocenters.